The van der Waals surface area contributed by atoms with Crippen molar-refractivity contribution in [3.8, 4) is 0 Å². The van der Waals surface area contributed by atoms with Crippen LogP contribution in [-0.4, -0.2) is 12.1 Å². The molecule has 0 fully saturated rings. The second-order valence-electron chi connectivity index (χ2n) is 5.42. The van der Waals surface area contributed by atoms with Crippen molar-refractivity contribution in [1.29, 1.82) is 0 Å². The van der Waals surface area contributed by atoms with Crippen LogP contribution in [0.4, 0.5) is 0 Å². The molecule has 1 nitrogen and oxygen atoms in total. The Bertz CT molecular complexity index is 311. The summed E-state index contributed by atoms with van der Waals surface area (Å²) in [6.45, 7) is 9.89. The zero-order chi connectivity index (χ0) is 12.2. The first kappa shape index (κ1) is 13.5. The Morgan fingerprint density at radius 1 is 1.19 bits per heavy atom. The minimum atomic E-state index is 0.208. The first-order valence-corrected chi connectivity index (χ1v) is 6.27. The molecule has 0 spiro atoms. The van der Waals surface area contributed by atoms with E-state index in [-0.39, 0.29) is 5.54 Å². The van der Waals surface area contributed by atoms with Gasteiger partial charge in [-0.15, -0.1) is 0 Å². The van der Waals surface area contributed by atoms with Crippen LogP contribution in [0.2, 0.25) is 5.02 Å². The highest BCUT2D eigenvalue weighted by atomic mass is 35.5. The zero-order valence-corrected chi connectivity index (χ0v) is 11.4. The molecule has 1 unspecified atom stereocenters. The topological polar surface area (TPSA) is 12.0 Å². The number of hydrogen-bond acceptors (Lipinski definition) is 1. The van der Waals surface area contributed by atoms with E-state index < -0.39 is 0 Å². The molecule has 1 rings (SSSR count). The minimum Gasteiger partial charge on any atom is -0.312 e. The monoisotopic (exact) mass is 239 g/mol. The van der Waals surface area contributed by atoms with E-state index in [1.54, 1.807) is 0 Å². The molecule has 0 aliphatic carbocycles. The van der Waals surface area contributed by atoms with Gasteiger partial charge in [-0.1, -0.05) is 30.7 Å². The fourth-order valence-electron chi connectivity index (χ4n) is 1.62. The number of benzene rings is 1. The van der Waals surface area contributed by atoms with Crippen LogP contribution >= 0.6 is 11.6 Å². The maximum atomic E-state index is 5.87. The highest BCUT2D eigenvalue weighted by molar-refractivity contribution is 6.30. The molecule has 0 aliphatic rings. The van der Waals surface area contributed by atoms with Gasteiger partial charge in [0, 0.05) is 10.6 Å². The lowest BCUT2D eigenvalue weighted by atomic mass is 9.97. The van der Waals surface area contributed by atoms with E-state index >= 15 is 0 Å². The fourth-order valence-corrected chi connectivity index (χ4v) is 1.75. The summed E-state index contributed by atoms with van der Waals surface area (Å²) in [4.78, 5) is 0. The lowest BCUT2D eigenvalue weighted by Crippen LogP contribution is -2.36. The van der Waals surface area contributed by atoms with Gasteiger partial charge in [0.1, 0.15) is 0 Å². The van der Waals surface area contributed by atoms with Gasteiger partial charge in [0.2, 0.25) is 0 Å². The first-order valence-electron chi connectivity index (χ1n) is 5.89. The second kappa shape index (κ2) is 5.70. The maximum Gasteiger partial charge on any atom is 0.0406 e. The number of rotatable bonds is 4. The largest absolute Gasteiger partial charge is 0.312 e. The molecule has 16 heavy (non-hydrogen) atoms. The predicted octanol–water partition coefficient (Wildman–Crippen LogP) is 4.22. The van der Waals surface area contributed by atoms with Crippen molar-refractivity contribution in [3.05, 3.63) is 34.9 Å². The van der Waals surface area contributed by atoms with Crippen molar-refractivity contribution in [2.24, 2.45) is 0 Å². The molecule has 0 saturated carbocycles. The van der Waals surface area contributed by atoms with Crippen molar-refractivity contribution >= 4 is 11.6 Å². The van der Waals surface area contributed by atoms with Gasteiger partial charge in [0.15, 0.2) is 0 Å². The summed E-state index contributed by atoms with van der Waals surface area (Å²) in [6.07, 6.45) is 1.15. The third-order valence-corrected chi connectivity index (χ3v) is 2.92. The normalized spacial score (nSPS) is 13.8. The van der Waals surface area contributed by atoms with Crippen LogP contribution in [0.1, 0.15) is 45.6 Å². The molecule has 0 amide bonds. The predicted molar refractivity (Wildman–Crippen MR) is 72.2 cm³/mol. The van der Waals surface area contributed by atoms with E-state index in [0.29, 0.717) is 5.92 Å². The smallest absolute Gasteiger partial charge is 0.0406 e. The molecule has 90 valence electrons. The molecule has 1 aromatic rings. The summed E-state index contributed by atoms with van der Waals surface area (Å²) in [5, 5.41) is 4.32. The fraction of sp³-hybridized carbons (Fsp3) is 0.571. The van der Waals surface area contributed by atoms with Crippen LogP contribution in [0.3, 0.4) is 0 Å². The molecule has 1 aromatic carbocycles. The third kappa shape index (κ3) is 5.00. The molecule has 0 saturated heterocycles. The first-order chi connectivity index (χ1) is 7.38. The summed E-state index contributed by atoms with van der Waals surface area (Å²) in [5.74, 6) is 0.576. The third-order valence-electron chi connectivity index (χ3n) is 2.67. The highest BCUT2D eigenvalue weighted by Gasteiger charge is 2.10. The van der Waals surface area contributed by atoms with Crippen molar-refractivity contribution in [1.82, 2.24) is 5.32 Å². The van der Waals surface area contributed by atoms with Gasteiger partial charge in [-0.05, 0) is 57.4 Å². The van der Waals surface area contributed by atoms with Crippen LogP contribution in [0.15, 0.2) is 24.3 Å². The molecule has 0 aliphatic heterocycles. The molecule has 0 bridgehead atoms. The van der Waals surface area contributed by atoms with E-state index in [1.165, 1.54) is 5.56 Å². The second-order valence-corrected chi connectivity index (χ2v) is 5.85. The maximum absolute atomic E-state index is 5.87. The van der Waals surface area contributed by atoms with Gasteiger partial charge in [-0.25, -0.2) is 0 Å². The SMILES string of the molecule is CC(CCNC(C)(C)C)c1ccc(Cl)cc1. The summed E-state index contributed by atoms with van der Waals surface area (Å²) in [7, 11) is 0. The number of hydrogen-bond donors (Lipinski definition) is 1. The van der Waals surface area contributed by atoms with Crippen LogP contribution in [0, 0.1) is 0 Å². The molecule has 1 N–H and O–H groups in total. The summed E-state index contributed by atoms with van der Waals surface area (Å²) in [5.41, 5.74) is 1.57. The van der Waals surface area contributed by atoms with Gasteiger partial charge in [-0.3, -0.25) is 0 Å². The van der Waals surface area contributed by atoms with Gasteiger partial charge in [-0.2, -0.15) is 0 Å². The van der Waals surface area contributed by atoms with Crippen LogP contribution < -0.4 is 5.32 Å². The lowest BCUT2D eigenvalue weighted by Gasteiger charge is -2.22. The van der Waals surface area contributed by atoms with Crippen molar-refractivity contribution in [2.45, 2.75) is 45.6 Å². The van der Waals surface area contributed by atoms with Crippen molar-refractivity contribution in [3.63, 3.8) is 0 Å². The summed E-state index contributed by atoms with van der Waals surface area (Å²) in [6, 6.07) is 8.16. The highest BCUT2D eigenvalue weighted by Crippen LogP contribution is 2.20. The molecule has 0 radical (unpaired) electrons. The van der Waals surface area contributed by atoms with Crippen LogP contribution in [0.5, 0.6) is 0 Å². The molecule has 0 heterocycles. The average molecular weight is 240 g/mol. The van der Waals surface area contributed by atoms with Gasteiger partial charge in [0.05, 0.1) is 0 Å². The van der Waals surface area contributed by atoms with Crippen LogP contribution in [-0.2, 0) is 0 Å². The summed E-state index contributed by atoms with van der Waals surface area (Å²) >= 11 is 5.87. The summed E-state index contributed by atoms with van der Waals surface area (Å²) < 4.78 is 0. The van der Waals surface area contributed by atoms with E-state index in [2.05, 4.69) is 45.1 Å². The van der Waals surface area contributed by atoms with E-state index in [9.17, 15) is 0 Å². The molecule has 2 heteroatoms. The Morgan fingerprint density at radius 2 is 1.75 bits per heavy atom. The Morgan fingerprint density at radius 3 is 2.25 bits per heavy atom. The van der Waals surface area contributed by atoms with Crippen LogP contribution in [0.25, 0.3) is 0 Å². The lowest BCUT2D eigenvalue weighted by molar-refractivity contribution is 0.413. The van der Waals surface area contributed by atoms with Gasteiger partial charge < -0.3 is 5.32 Å². The average Bonchev–Trinajstić information content (AvgIpc) is 2.16. The van der Waals surface area contributed by atoms with Crippen molar-refractivity contribution in [2.75, 3.05) is 6.54 Å². The van der Waals surface area contributed by atoms with E-state index in [1.807, 2.05) is 12.1 Å². The minimum absolute atomic E-state index is 0.208. The van der Waals surface area contributed by atoms with E-state index in [4.69, 9.17) is 11.6 Å². The molecule has 0 aromatic heterocycles. The van der Waals surface area contributed by atoms with Gasteiger partial charge in [0.25, 0.3) is 0 Å². The van der Waals surface area contributed by atoms with E-state index in [0.717, 1.165) is 18.0 Å². The standard InChI is InChI=1S/C14H22ClN/c1-11(9-10-16-14(2,3)4)12-5-7-13(15)8-6-12/h5-8,11,16H,9-10H2,1-4H3. The van der Waals surface area contributed by atoms with Gasteiger partial charge >= 0.3 is 0 Å². The quantitative estimate of drug-likeness (QED) is 0.830. The Balaban J connectivity index is 2.41. The number of nitrogens with one attached hydrogen (secondary N) is 1. The number of halogens is 1. The molecular formula is C14H22ClN. The Hall–Kier alpha value is -0.530. The Labute approximate surface area is 104 Å². The zero-order valence-electron chi connectivity index (χ0n) is 10.7. The Kier molecular flexibility index (Phi) is 4.82. The molecular weight excluding hydrogens is 218 g/mol. The molecule has 1 atom stereocenters. The van der Waals surface area contributed by atoms with Crippen molar-refractivity contribution < 1.29 is 0 Å².